The van der Waals surface area contributed by atoms with Crippen molar-refractivity contribution in [1.29, 1.82) is 0 Å². The fourth-order valence-electron chi connectivity index (χ4n) is 8.72. The van der Waals surface area contributed by atoms with Crippen LogP contribution in [0.25, 0.3) is 18.2 Å². The Balaban J connectivity index is 0. The highest BCUT2D eigenvalue weighted by molar-refractivity contribution is 8.00. The van der Waals surface area contributed by atoms with Gasteiger partial charge in [-0.25, -0.2) is 9.59 Å². The van der Waals surface area contributed by atoms with Gasteiger partial charge in [0.2, 0.25) is 5.91 Å². The minimum absolute atomic E-state index is 0. The molecule has 1 atom stereocenters. The van der Waals surface area contributed by atoms with Crippen molar-refractivity contribution in [3.05, 3.63) is 236 Å². The quantitative estimate of drug-likeness (QED) is 0.00360. The molecule has 0 radical (unpaired) electrons. The summed E-state index contributed by atoms with van der Waals surface area (Å²) in [5.74, 6) is -1.13. The van der Waals surface area contributed by atoms with Crippen molar-refractivity contribution in [2.75, 3.05) is 24.8 Å². The van der Waals surface area contributed by atoms with E-state index in [4.69, 9.17) is 15.2 Å². The minimum Gasteiger partial charge on any atom is -0.507 e. The summed E-state index contributed by atoms with van der Waals surface area (Å²) >= 11 is 1.21. The summed E-state index contributed by atoms with van der Waals surface area (Å²) in [5, 5.41) is 51.0. The van der Waals surface area contributed by atoms with Gasteiger partial charge in [0.25, 0.3) is 0 Å². The van der Waals surface area contributed by atoms with Crippen LogP contribution in [-0.4, -0.2) is 86.3 Å². The molecular formula is C78H102N2O14S. The van der Waals surface area contributed by atoms with Crippen LogP contribution in [0.1, 0.15) is 128 Å². The third-order valence-corrected chi connectivity index (χ3v) is 14.3. The highest BCUT2D eigenvalue weighted by Crippen LogP contribution is 2.31. The van der Waals surface area contributed by atoms with Gasteiger partial charge in [-0.15, -0.1) is 24.9 Å². The van der Waals surface area contributed by atoms with Crippen molar-refractivity contribution < 1.29 is 69.2 Å². The average molecular weight is 1320 g/mol. The van der Waals surface area contributed by atoms with Crippen molar-refractivity contribution in [2.24, 2.45) is 5.73 Å². The number of esters is 3. The number of amides is 1. The summed E-state index contributed by atoms with van der Waals surface area (Å²) in [4.78, 5) is 57.8. The number of carbonyl (C=O) groups excluding carboxylic acids is 5. The van der Waals surface area contributed by atoms with Crippen LogP contribution >= 0.6 is 11.8 Å². The molecule has 0 fully saturated rings. The predicted molar refractivity (Wildman–Crippen MR) is 391 cm³/mol. The van der Waals surface area contributed by atoms with Crippen LogP contribution in [0.4, 0.5) is 5.69 Å². The van der Waals surface area contributed by atoms with E-state index in [1.54, 1.807) is 71.0 Å². The molecule has 1 amide bonds. The standard InChI is InChI=1S/C20H22O.C17H21NO6S.C15H20O3.C11H13NO2.C9H12O.2C3H6.H2O/c1-6-19-15(4)9-13(2)11-17(19)7-8-18-12-14(3)10-16(5)20(18)21;1-9-5-12(6-10(2)16(9)21)25-8-13(19)11(3)17(22)24-14(18)7-15(20)23-4;1-10(2)15(17)18-7-5-6-13-8-11(3)14(16)12(4)9-13;1-4-10(13)12-9-5-7(2)11(14)8(3)6-9;1-6-4-7(2)9(10)8(3)5-6;2*1-3-2;/h6-12,21H,1H2,2-5H3;5-6,14,21H,3,7-8,18H2,1-2,4H3;8-9,16H,1,5-7H2,2-4H3;4-6,14H,1H2,2-3H3,(H,12,13);4-5,10H,1-3H3;2*3H,1H2,2H3;1H2/b8-7+;;;;;;;. The van der Waals surface area contributed by atoms with Crippen LogP contribution in [0.15, 0.2) is 147 Å². The molecule has 6 rings (SSSR count). The maximum Gasteiger partial charge on any atom is 0.342 e. The summed E-state index contributed by atoms with van der Waals surface area (Å²) in [5.41, 5.74) is 22.7. The first-order valence-corrected chi connectivity index (χ1v) is 31.1. The number of Topliss-reactive ketones (excluding diaryl/α,β-unsaturated/α-hetero) is 1. The number of rotatable bonds is 18. The molecule has 0 saturated heterocycles. The number of thioether (sulfide) groups is 1. The van der Waals surface area contributed by atoms with E-state index in [0.29, 0.717) is 46.2 Å². The molecule has 0 bridgehead atoms. The Labute approximate surface area is 568 Å². The molecule has 0 spiro atoms. The highest BCUT2D eigenvalue weighted by atomic mass is 32.2. The smallest absolute Gasteiger partial charge is 0.342 e. The van der Waals surface area contributed by atoms with E-state index in [9.17, 15) is 49.5 Å². The third-order valence-electron chi connectivity index (χ3n) is 13.3. The van der Waals surface area contributed by atoms with E-state index in [-0.39, 0.29) is 46.6 Å². The van der Waals surface area contributed by atoms with Crippen LogP contribution in [0.5, 0.6) is 28.7 Å². The Bertz CT molecular complexity index is 3590. The molecule has 0 aliphatic rings. The van der Waals surface area contributed by atoms with Crippen molar-refractivity contribution in [3.8, 4) is 28.7 Å². The Morgan fingerprint density at radius 3 is 1.39 bits per heavy atom. The molecule has 514 valence electrons. The number of ether oxygens (including phenoxy) is 3. The number of aromatic hydroxyl groups is 5. The van der Waals surface area contributed by atoms with Gasteiger partial charge in [0.1, 0.15) is 28.7 Å². The van der Waals surface area contributed by atoms with Crippen molar-refractivity contribution >= 4 is 65.3 Å². The second kappa shape index (κ2) is 44.8. The van der Waals surface area contributed by atoms with Gasteiger partial charge >= 0.3 is 17.9 Å². The largest absolute Gasteiger partial charge is 0.507 e. The summed E-state index contributed by atoms with van der Waals surface area (Å²) in [6, 6.07) is 23.1. The molecule has 6 aromatic carbocycles. The number of carbonyl (C=O) groups is 5. The number of ketones is 1. The van der Waals surface area contributed by atoms with Gasteiger partial charge in [0, 0.05) is 21.7 Å². The SMILES string of the molecule is C=C(C(=O)CSc1cc(C)c(O)c(C)c1)C(=O)OC(N)CC(=O)OC.C=C(C)C(=O)OCCCc1cc(C)c(O)c(C)c1.C=CC.C=CC.C=CC(=O)Nc1cc(C)c(O)c(C)c1.C=Cc1c(C)cc(C)cc1/C=C/c1cc(C)cc(C)c1O.Cc1cc(C)c(O)c(C)c1.O. The summed E-state index contributed by atoms with van der Waals surface area (Å²) in [7, 11) is 1.18. The molecular weight excluding hydrogens is 1220 g/mol. The molecule has 0 aliphatic carbocycles. The van der Waals surface area contributed by atoms with Crippen LogP contribution in [0, 0.1) is 90.0 Å². The highest BCUT2D eigenvalue weighted by Gasteiger charge is 2.22. The molecule has 17 heteroatoms. The summed E-state index contributed by atoms with van der Waals surface area (Å²) in [6.07, 6.45) is 10.7. The topological polar surface area (TPSA) is 284 Å². The zero-order valence-electron chi connectivity index (χ0n) is 58.7. The maximum absolute atomic E-state index is 12.1. The number of hydrogen-bond donors (Lipinski definition) is 7. The number of hydrogen-bond acceptors (Lipinski definition) is 15. The summed E-state index contributed by atoms with van der Waals surface area (Å²) in [6.45, 7) is 51.6. The first kappa shape index (κ1) is 87.4. The molecule has 6 aromatic rings. The number of nitrogens with one attached hydrogen (secondary N) is 1. The van der Waals surface area contributed by atoms with Gasteiger partial charge in [0.15, 0.2) is 12.0 Å². The van der Waals surface area contributed by atoms with Gasteiger partial charge in [0.05, 0.1) is 31.5 Å². The van der Waals surface area contributed by atoms with Gasteiger partial charge < -0.3 is 50.5 Å². The fourth-order valence-corrected chi connectivity index (χ4v) is 9.72. The van der Waals surface area contributed by atoms with E-state index in [1.807, 2.05) is 117 Å². The Morgan fingerprint density at radius 1 is 0.568 bits per heavy atom. The van der Waals surface area contributed by atoms with Crippen LogP contribution in [0.2, 0.25) is 0 Å². The van der Waals surface area contributed by atoms with Crippen LogP contribution < -0.4 is 11.1 Å². The average Bonchev–Trinajstić information content (AvgIpc) is 0.864. The minimum atomic E-state index is -1.21. The molecule has 0 aromatic heterocycles. The lowest BCUT2D eigenvalue weighted by molar-refractivity contribution is -0.151. The number of methoxy groups -OCH3 is 1. The number of allylic oxidation sites excluding steroid dienone is 2. The lowest BCUT2D eigenvalue weighted by Crippen LogP contribution is -2.32. The molecule has 1 unspecified atom stereocenters. The monoisotopic (exact) mass is 1320 g/mol. The Kier molecular flexibility index (Phi) is 41.2. The zero-order valence-corrected chi connectivity index (χ0v) is 59.6. The molecule has 16 nitrogen and oxygen atoms in total. The van der Waals surface area contributed by atoms with Crippen molar-refractivity contribution in [3.63, 3.8) is 0 Å². The van der Waals surface area contributed by atoms with Gasteiger partial charge in [-0.1, -0.05) is 116 Å². The first-order valence-electron chi connectivity index (χ1n) is 30.1. The molecule has 0 heterocycles. The molecule has 0 saturated carbocycles. The number of phenols is 5. The number of aryl methyl sites for hydroxylation is 14. The molecule has 95 heavy (non-hydrogen) atoms. The second-order valence-corrected chi connectivity index (χ2v) is 23.3. The van der Waals surface area contributed by atoms with Gasteiger partial charge in [-0.2, -0.15) is 0 Å². The van der Waals surface area contributed by atoms with Gasteiger partial charge in [-0.05, 0) is 232 Å². The second-order valence-electron chi connectivity index (χ2n) is 22.3. The zero-order chi connectivity index (χ0) is 72.3. The summed E-state index contributed by atoms with van der Waals surface area (Å²) < 4.78 is 14.2. The number of anilines is 1. The maximum atomic E-state index is 12.1. The van der Waals surface area contributed by atoms with Crippen LogP contribution in [-0.2, 0) is 44.6 Å². The van der Waals surface area contributed by atoms with E-state index in [1.165, 1.54) is 41.6 Å². The number of phenolic OH excluding ortho intramolecular Hbond substituents is 5. The first-order chi connectivity index (χ1) is 44.0. The van der Waals surface area contributed by atoms with Crippen molar-refractivity contribution in [1.82, 2.24) is 0 Å². The van der Waals surface area contributed by atoms with E-state index < -0.39 is 23.9 Å². The van der Waals surface area contributed by atoms with E-state index >= 15 is 0 Å². The fraction of sp³-hybridized carbons (Fsp3) is 0.295. The van der Waals surface area contributed by atoms with E-state index in [0.717, 1.165) is 84.5 Å². The molecule has 0 aliphatic heterocycles. The number of nitrogens with two attached hydrogens (primary N) is 1. The Morgan fingerprint density at radius 2 is 0.958 bits per heavy atom. The molecule has 10 N–H and O–H groups in total. The lowest BCUT2D eigenvalue weighted by Gasteiger charge is -2.12. The van der Waals surface area contributed by atoms with Crippen molar-refractivity contribution in [2.45, 2.75) is 141 Å². The lowest BCUT2D eigenvalue weighted by atomic mass is 9.97. The van der Waals surface area contributed by atoms with Crippen LogP contribution in [0.3, 0.4) is 0 Å². The van der Waals surface area contributed by atoms with Gasteiger partial charge in [-0.3, -0.25) is 20.1 Å². The normalized spacial score (nSPS) is 10.1. The Hall–Kier alpha value is -9.68. The number of benzene rings is 6. The third kappa shape index (κ3) is 32.1. The predicted octanol–water partition coefficient (Wildman–Crippen LogP) is 16.1. The van der Waals surface area contributed by atoms with E-state index in [2.05, 4.69) is 75.5 Å².